The van der Waals surface area contributed by atoms with Crippen molar-refractivity contribution in [1.82, 2.24) is 0 Å². The van der Waals surface area contributed by atoms with E-state index >= 15 is 0 Å². The van der Waals surface area contributed by atoms with E-state index in [9.17, 15) is 0 Å². The largest absolute Gasteiger partial charge is 1.00 e. The summed E-state index contributed by atoms with van der Waals surface area (Å²) in [5.41, 5.74) is 0. The molecule has 0 fully saturated rings. The Balaban J connectivity index is -0.000000139. The van der Waals surface area contributed by atoms with Gasteiger partial charge in [0, 0.05) is 0 Å². The molecule has 0 bridgehead atoms. The molecule has 0 aromatic heterocycles. The Kier molecular flexibility index (Phi) is 25.8. The molecule has 0 unspecified atom stereocenters. The maximum absolute atomic E-state index is 8.88. The van der Waals surface area contributed by atoms with Crippen molar-refractivity contribution in [2.24, 2.45) is 0 Å². The predicted molar refractivity (Wildman–Crippen MR) is 72.9 cm³/mol. The molecule has 108 valence electrons. The van der Waals surface area contributed by atoms with Gasteiger partial charge in [-0.05, 0) is 0 Å². The first-order valence-electron chi connectivity index (χ1n) is 6.70. The van der Waals surface area contributed by atoms with Crippen LogP contribution < -0.4 is 51.4 Å². The van der Waals surface area contributed by atoms with Crippen molar-refractivity contribution in [1.29, 1.82) is 0 Å². The molecule has 0 heterocycles. The molecule has 0 spiro atoms. The van der Waals surface area contributed by atoms with Crippen LogP contribution in [0.25, 0.3) is 0 Å². The zero-order chi connectivity index (χ0) is 13.6. The van der Waals surface area contributed by atoms with Crippen LogP contribution in [0.4, 0.5) is 0 Å². The molecule has 3 N–H and O–H groups in total. The fourth-order valence-corrected chi connectivity index (χ4v) is 1.56. The molecule has 0 aromatic rings. The summed E-state index contributed by atoms with van der Waals surface area (Å²) in [5, 5.41) is 0. The van der Waals surface area contributed by atoms with Crippen molar-refractivity contribution in [2.75, 3.05) is 0 Å². The van der Waals surface area contributed by atoms with E-state index in [0.717, 1.165) is 0 Å². The van der Waals surface area contributed by atoms with Crippen LogP contribution in [0.2, 0.25) is 0 Å². The number of phosphoric acid groups is 1. The Morgan fingerprint density at radius 1 is 0.722 bits per heavy atom. The third-order valence-electron chi connectivity index (χ3n) is 2.46. The smallest absolute Gasteiger partial charge is 1.00 e. The van der Waals surface area contributed by atoms with Crippen molar-refractivity contribution < 1.29 is 72.1 Å². The van der Waals surface area contributed by atoms with Gasteiger partial charge in [-0.15, -0.1) is 0 Å². The Bertz CT molecular complexity index is 172. The van der Waals surface area contributed by atoms with Crippen LogP contribution in [-0.2, 0) is 4.57 Å². The van der Waals surface area contributed by atoms with E-state index < -0.39 is 7.82 Å². The molecular formula is C12H30KO4P. The molecule has 0 aliphatic rings. The summed E-state index contributed by atoms with van der Waals surface area (Å²) in [5.74, 6) is 0. The molecular weight excluding hydrogens is 278 g/mol. The summed E-state index contributed by atoms with van der Waals surface area (Å²) in [6.45, 7) is 4.56. The first-order chi connectivity index (χ1) is 7.91. The summed E-state index contributed by atoms with van der Waals surface area (Å²) >= 11 is 0. The van der Waals surface area contributed by atoms with E-state index in [0.29, 0.717) is 0 Å². The van der Waals surface area contributed by atoms with E-state index in [2.05, 4.69) is 13.8 Å². The molecule has 0 amide bonds. The van der Waals surface area contributed by atoms with Gasteiger partial charge in [-0.1, -0.05) is 78.1 Å². The average molecular weight is 308 g/mol. The second-order valence-corrected chi connectivity index (χ2v) is 5.37. The standard InChI is InChI=1S/C12H26.K.H3O4P.H/c1-3-5-7-9-11-12-10-8-6-4-2;;1-5(2,3)4;/h3-12H2,1-2H3;;(H3,1,2,3,4);/q;+1;;-1. The van der Waals surface area contributed by atoms with Gasteiger partial charge in [-0.3, -0.25) is 0 Å². The Labute approximate surface area is 156 Å². The van der Waals surface area contributed by atoms with Crippen LogP contribution in [-0.4, -0.2) is 14.7 Å². The maximum atomic E-state index is 8.88. The zero-order valence-electron chi connectivity index (χ0n) is 13.3. The third-order valence-corrected chi connectivity index (χ3v) is 2.46. The first-order valence-corrected chi connectivity index (χ1v) is 8.26. The number of rotatable bonds is 9. The Hall–Kier alpha value is 1.75. The monoisotopic (exact) mass is 308 g/mol. The molecule has 0 atom stereocenters. The van der Waals surface area contributed by atoms with Gasteiger partial charge in [-0.2, -0.15) is 0 Å². The van der Waals surface area contributed by atoms with Gasteiger partial charge in [0.25, 0.3) is 0 Å². The van der Waals surface area contributed by atoms with Crippen LogP contribution in [0, 0.1) is 0 Å². The number of unbranched alkanes of at least 4 members (excludes halogenated alkanes) is 9. The molecule has 18 heavy (non-hydrogen) atoms. The summed E-state index contributed by atoms with van der Waals surface area (Å²) in [6.07, 6.45) is 14.4. The van der Waals surface area contributed by atoms with Crippen molar-refractivity contribution in [3.05, 3.63) is 0 Å². The fraction of sp³-hybridized carbons (Fsp3) is 1.00. The normalized spacial score (nSPS) is 10.3. The number of hydrogen-bond acceptors (Lipinski definition) is 1. The van der Waals surface area contributed by atoms with Crippen molar-refractivity contribution in [3.8, 4) is 0 Å². The van der Waals surface area contributed by atoms with E-state index in [1.54, 1.807) is 0 Å². The second kappa shape index (κ2) is 18.7. The van der Waals surface area contributed by atoms with E-state index in [1.165, 1.54) is 64.2 Å². The van der Waals surface area contributed by atoms with Crippen LogP contribution in [0.3, 0.4) is 0 Å². The summed E-state index contributed by atoms with van der Waals surface area (Å²) in [4.78, 5) is 21.6. The molecule has 0 aliphatic heterocycles. The molecule has 0 saturated carbocycles. The van der Waals surface area contributed by atoms with Crippen LogP contribution in [0.15, 0.2) is 0 Å². The summed E-state index contributed by atoms with van der Waals surface area (Å²) in [6, 6.07) is 0. The molecule has 6 heteroatoms. The minimum Gasteiger partial charge on any atom is -1.00 e. The maximum Gasteiger partial charge on any atom is 1.00 e. The number of hydrogen-bond donors (Lipinski definition) is 3. The summed E-state index contributed by atoms with van der Waals surface area (Å²) < 4.78 is 8.88. The first kappa shape index (κ1) is 24.7. The van der Waals surface area contributed by atoms with Gasteiger partial charge in [0.2, 0.25) is 0 Å². The third kappa shape index (κ3) is 43.1. The van der Waals surface area contributed by atoms with Crippen molar-refractivity contribution in [3.63, 3.8) is 0 Å². The van der Waals surface area contributed by atoms with Gasteiger partial charge in [0.15, 0.2) is 0 Å². The van der Waals surface area contributed by atoms with Gasteiger partial charge in [0.1, 0.15) is 0 Å². The van der Waals surface area contributed by atoms with E-state index in [1.807, 2.05) is 0 Å². The van der Waals surface area contributed by atoms with Gasteiger partial charge in [0.05, 0.1) is 0 Å². The van der Waals surface area contributed by atoms with Crippen molar-refractivity contribution in [2.45, 2.75) is 78.1 Å². The van der Waals surface area contributed by atoms with Gasteiger partial charge >= 0.3 is 59.2 Å². The van der Waals surface area contributed by atoms with Crippen LogP contribution in [0.5, 0.6) is 0 Å². The Morgan fingerprint density at radius 2 is 0.889 bits per heavy atom. The zero-order valence-corrected chi connectivity index (χ0v) is 16.3. The van der Waals surface area contributed by atoms with Crippen LogP contribution >= 0.6 is 7.82 Å². The predicted octanol–water partition coefficient (Wildman–Crippen LogP) is 1.12. The molecule has 0 aliphatic carbocycles. The minimum absolute atomic E-state index is 0. The molecule has 0 saturated heterocycles. The molecule has 0 radical (unpaired) electrons. The topological polar surface area (TPSA) is 77.8 Å². The second-order valence-electron chi connectivity index (χ2n) is 4.34. The quantitative estimate of drug-likeness (QED) is 0.339. The fourth-order valence-electron chi connectivity index (χ4n) is 1.56. The Morgan fingerprint density at radius 3 is 1.06 bits per heavy atom. The molecule has 4 nitrogen and oxygen atoms in total. The molecule has 0 rings (SSSR count). The van der Waals surface area contributed by atoms with Gasteiger partial charge in [-0.25, -0.2) is 4.57 Å². The minimum atomic E-state index is -4.64. The van der Waals surface area contributed by atoms with Crippen molar-refractivity contribution >= 4 is 7.82 Å². The SMILES string of the molecule is CCCCCCCCCCCC.O=P(O)(O)O.[H-].[K+]. The van der Waals surface area contributed by atoms with Gasteiger partial charge < -0.3 is 16.1 Å². The average Bonchev–Trinajstić information content (AvgIpc) is 2.20. The summed E-state index contributed by atoms with van der Waals surface area (Å²) in [7, 11) is -4.64. The van der Waals surface area contributed by atoms with E-state index in [-0.39, 0.29) is 52.8 Å². The molecule has 0 aromatic carbocycles. The van der Waals surface area contributed by atoms with E-state index in [4.69, 9.17) is 19.2 Å². The van der Waals surface area contributed by atoms with Crippen LogP contribution in [0.1, 0.15) is 79.5 Å².